The molecule has 1 heteroatoms. The Morgan fingerprint density at radius 1 is 0.944 bits per heavy atom. The van der Waals surface area contributed by atoms with E-state index in [9.17, 15) is 0 Å². The van der Waals surface area contributed by atoms with Crippen LogP contribution in [0.25, 0.3) is 0 Å². The maximum absolute atomic E-state index is 3.93. The second-order valence-corrected chi connectivity index (χ2v) is 6.73. The fraction of sp³-hybridized carbons (Fsp3) is 1.00. The first-order chi connectivity index (χ1) is 8.85. The number of nitrogens with one attached hydrogen (secondary N) is 1. The van der Waals surface area contributed by atoms with Crippen molar-refractivity contribution in [1.82, 2.24) is 5.32 Å². The Labute approximate surface area is 114 Å². The molecule has 0 aromatic heterocycles. The van der Waals surface area contributed by atoms with Crippen LogP contribution in [-0.4, -0.2) is 12.6 Å². The Balaban J connectivity index is 1.93. The van der Waals surface area contributed by atoms with Gasteiger partial charge in [0.2, 0.25) is 0 Å². The summed E-state index contributed by atoms with van der Waals surface area (Å²) >= 11 is 0. The average Bonchev–Trinajstić information content (AvgIpc) is 2.93. The van der Waals surface area contributed by atoms with E-state index in [4.69, 9.17) is 0 Å². The van der Waals surface area contributed by atoms with E-state index in [0.29, 0.717) is 0 Å². The molecule has 2 aliphatic rings. The van der Waals surface area contributed by atoms with Gasteiger partial charge in [-0.25, -0.2) is 0 Å². The van der Waals surface area contributed by atoms with Gasteiger partial charge in [0.15, 0.2) is 0 Å². The second-order valence-electron chi connectivity index (χ2n) is 6.73. The van der Waals surface area contributed by atoms with E-state index in [2.05, 4.69) is 19.2 Å². The normalized spacial score (nSPS) is 31.7. The van der Waals surface area contributed by atoms with E-state index in [-0.39, 0.29) is 0 Å². The molecule has 2 fully saturated rings. The molecule has 0 heterocycles. The summed E-state index contributed by atoms with van der Waals surface area (Å²) in [7, 11) is 0. The fourth-order valence-corrected chi connectivity index (χ4v) is 4.38. The van der Waals surface area contributed by atoms with E-state index in [1.165, 1.54) is 70.8 Å². The zero-order valence-corrected chi connectivity index (χ0v) is 12.6. The van der Waals surface area contributed by atoms with Crippen molar-refractivity contribution in [2.24, 2.45) is 17.8 Å². The highest BCUT2D eigenvalue weighted by atomic mass is 14.9. The summed E-state index contributed by atoms with van der Waals surface area (Å²) in [6, 6.07) is 0.849. The molecule has 0 amide bonds. The monoisotopic (exact) mass is 251 g/mol. The molecule has 106 valence electrons. The lowest BCUT2D eigenvalue weighted by Gasteiger charge is -2.38. The third kappa shape index (κ3) is 3.73. The molecule has 3 atom stereocenters. The quantitative estimate of drug-likeness (QED) is 0.717. The summed E-state index contributed by atoms with van der Waals surface area (Å²) < 4.78 is 0. The summed E-state index contributed by atoms with van der Waals surface area (Å²) in [6.45, 7) is 5.92. The zero-order chi connectivity index (χ0) is 12.8. The van der Waals surface area contributed by atoms with Crippen LogP contribution in [0, 0.1) is 17.8 Å². The molecule has 0 aromatic carbocycles. The Morgan fingerprint density at radius 3 is 2.33 bits per heavy atom. The van der Waals surface area contributed by atoms with Crippen molar-refractivity contribution in [3.8, 4) is 0 Å². The topological polar surface area (TPSA) is 12.0 Å². The minimum atomic E-state index is 0.849. The van der Waals surface area contributed by atoms with Crippen LogP contribution in [0.1, 0.15) is 78.1 Å². The average molecular weight is 251 g/mol. The standard InChI is InChI=1S/C17H33N/c1-3-12-18-17(15-9-5-6-10-15)16-11-7-8-14(4-2)13-16/h14-18H,3-13H2,1-2H3. The first-order valence-electron chi connectivity index (χ1n) is 8.58. The minimum Gasteiger partial charge on any atom is -0.313 e. The van der Waals surface area contributed by atoms with Crippen molar-refractivity contribution in [3.63, 3.8) is 0 Å². The first-order valence-corrected chi connectivity index (χ1v) is 8.58. The minimum absolute atomic E-state index is 0.849. The molecular formula is C17H33N. The molecule has 0 spiro atoms. The summed E-state index contributed by atoms with van der Waals surface area (Å²) in [5.41, 5.74) is 0. The summed E-state index contributed by atoms with van der Waals surface area (Å²) in [6.07, 6.45) is 14.6. The van der Waals surface area contributed by atoms with E-state index >= 15 is 0 Å². The molecule has 2 rings (SSSR count). The van der Waals surface area contributed by atoms with Crippen LogP contribution in [-0.2, 0) is 0 Å². The van der Waals surface area contributed by atoms with Crippen molar-refractivity contribution in [1.29, 1.82) is 0 Å². The Hall–Kier alpha value is -0.0400. The molecule has 0 saturated heterocycles. The van der Waals surface area contributed by atoms with Crippen LogP contribution >= 0.6 is 0 Å². The molecule has 0 aromatic rings. The van der Waals surface area contributed by atoms with Gasteiger partial charge >= 0.3 is 0 Å². The van der Waals surface area contributed by atoms with Crippen LogP contribution in [0.2, 0.25) is 0 Å². The lowest BCUT2D eigenvalue weighted by molar-refractivity contribution is 0.168. The van der Waals surface area contributed by atoms with E-state index in [1.807, 2.05) is 0 Å². The smallest absolute Gasteiger partial charge is 0.0124 e. The SMILES string of the molecule is CCCNC(C1CCCC1)C1CCCC(CC)C1. The largest absolute Gasteiger partial charge is 0.313 e. The summed E-state index contributed by atoms with van der Waals surface area (Å²) in [5.74, 6) is 3.01. The highest BCUT2D eigenvalue weighted by Crippen LogP contribution is 2.39. The van der Waals surface area contributed by atoms with Gasteiger partial charge in [0.1, 0.15) is 0 Å². The van der Waals surface area contributed by atoms with Gasteiger partial charge in [-0.05, 0) is 56.4 Å². The van der Waals surface area contributed by atoms with Gasteiger partial charge in [0.05, 0.1) is 0 Å². The summed E-state index contributed by atoms with van der Waals surface area (Å²) in [4.78, 5) is 0. The molecule has 18 heavy (non-hydrogen) atoms. The van der Waals surface area contributed by atoms with Gasteiger partial charge in [-0.1, -0.05) is 46.0 Å². The Bertz CT molecular complexity index is 220. The van der Waals surface area contributed by atoms with Gasteiger partial charge in [0, 0.05) is 6.04 Å². The van der Waals surface area contributed by atoms with Crippen molar-refractivity contribution in [2.45, 2.75) is 84.1 Å². The number of rotatable bonds is 6. The molecule has 0 aliphatic heterocycles. The number of hydrogen-bond donors (Lipinski definition) is 1. The van der Waals surface area contributed by atoms with Crippen molar-refractivity contribution < 1.29 is 0 Å². The molecular weight excluding hydrogens is 218 g/mol. The first kappa shape index (κ1) is 14.4. The molecule has 1 N–H and O–H groups in total. The lowest BCUT2D eigenvalue weighted by Crippen LogP contribution is -2.43. The molecule has 0 bridgehead atoms. The van der Waals surface area contributed by atoms with Gasteiger partial charge < -0.3 is 5.32 Å². The van der Waals surface area contributed by atoms with Crippen LogP contribution in [0.3, 0.4) is 0 Å². The fourth-order valence-electron chi connectivity index (χ4n) is 4.38. The Morgan fingerprint density at radius 2 is 1.67 bits per heavy atom. The maximum atomic E-state index is 3.93. The zero-order valence-electron chi connectivity index (χ0n) is 12.6. The predicted molar refractivity (Wildman–Crippen MR) is 79.8 cm³/mol. The predicted octanol–water partition coefficient (Wildman–Crippen LogP) is 4.76. The van der Waals surface area contributed by atoms with E-state index in [0.717, 1.165) is 23.8 Å². The van der Waals surface area contributed by atoms with Gasteiger partial charge in [0.25, 0.3) is 0 Å². The maximum Gasteiger partial charge on any atom is 0.0124 e. The second kappa shape index (κ2) is 7.53. The number of hydrogen-bond acceptors (Lipinski definition) is 1. The highest BCUT2D eigenvalue weighted by molar-refractivity contribution is 4.88. The Kier molecular flexibility index (Phi) is 6.01. The van der Waals surface area contributed by atoms with Gasteiger partial charge in [-0.2, -0.15) is 0 Å². The van der Waals surface area contributed by atoms with Crippen LogP contribution in [0.5, 0.6) is 0 Å². The van der Waals surface area contributed by atoms with Crippen molar-refractivity contribution in [2.75, 3.05) is 6.54 Å². The van der Waals surface area contributed by atoms with Crippen molar-refractivity contribution >= 4 is 0 Å². The molecule has 2 aliphatic carbocycles. The summed E-state index contributed by atoms with van der Waals surface area (Å²) in [5, 5.41) is 3.93. The molecule has 3 unspecified atom stereocenters. The molecule has 1 nitrogen and oxygen atoms in total. The van der Waals surface area contributed by atoms with Crippen LogP contribution < -0.4 is 5.32 Å². The van der Waals surface area contributed by atoms with Crippen LogP contribution in [0.15, 0.2) is 0 Å². The van der Waals surface area contributed by atoms with Crippen molar-refractivity contribution in [3.05, 3.63) is 0 Å². The van der Waals surface area contributed by atoms with Gasteiger partial charge in [-0.15, -0.1) is 0 Å². The molecule has 2 saturated carbocycles. The van der Waals surface area contributed by atoms with E-state index < -0.39 is 0 Å². The molecule has 0 radical (unpaired) electrons. The highest BCUT2D eigenvalue weighted by Gasteiger charge is 2.33. The van der Waals surface area contributed by atoms with E-state index in [1.54, 1.807) is 0 Å². The van der Waals surface area contributed by atoms with Crippen LogP contribution in [0.4, 0.5) is 0 Å². The third-order valence-corrected chi connectivity index (χ3v) is 5.45. The lowest BCUT2D eigenvalue weighted by atomic mass is 9.73. The third-order valence-electron chi connectivity index (χ3n) is 5.45. The van der Waals surface area contributed by atoms with Gasteiger partial charge in [-0.3, -0.25) is 0 Å².